The smallest absolute Gasteiger partial charge is 0.0497 e. The third-order valence-electron chi connectivity index (χ3n) is 5.10. The Morgan fingerprint density at radius 2 is 1.29 bits per heavy atom. The highest BCUT2D eigenvalue weighted by Gasteiger charge is 2.36. The number of piperidine rings is 1. The van der Waals surface area contributed by atoms with Gasteiger partial charge in [-0.25, -0.2) is 0 Å². The lowest BCUT2D eigenvalue weighted by atomic mass is 9.67. The van der Waals surface area contributed by atoms with E-state index < -0.39 is 0 Å². The zero-order valence-corrected chi connectivity index (χ0v) is 17.4. The van der Waals surface area contributed by atoms with Gasteiger partial charge in [-0.2, -0.15) is 0 Å². The second-order valence-corrected chi connectivity index (χ2v) is 10.6. The fraction of sp³-hybridized carbons (Fsp3) is 0.773. The largest absolute Gasteiger partial charge is 0.317 e. The second-order valence-electron chi connectivity index (χ2n) is 10.6. The van der Waals surface area contributed by atoms with Crippen LogP contribution in [0.4, 0.5) is 0 Å². The predicted molar refractivity (Wildman–Crippen MR) is 105 cm³/mol. The molecular weight excluding hydrogens is 292 g/mol. The Hall–Kier alpha value is -0.890. The van der Waals surface area contributed by atoms with Crippen LogP contribution < -0.4 is 5.32 Å². The maximum Gasteiger partial charge on any atom is 0.0497 e. The summed E-state index contributed by atoms with van der Waals surface area (Å²) in [5.41, 5.74) is 6.11. The quantitative estimate of drug-likeness (QED) is 0.741. The maximum absolute atomic E-state index is 5.05. The predicted octanol–water partition coefficient (Wildman–Crippen LogP) is 5.44. The van der Waals surface area contributed by atoms with Gasteiger partial charge in [0.15, 0.2) is 0 Å². The van der Waals surface area contributed by atoms with Gasteiger partial charge < -0.3 is 5.32 Å². The van der Waals surface area contributed by atoms with E-state index in [2.05, 4.69) is 73.8 Å². The van der Waals surface area contributed by atoms with Crippen molar-refractivity contribution < 1.29 is 0 Å². The van der Waals surface area contributed by atoms with Crippen molar-refractivity contribution in [2.45, 2.75) is 97.3 Å². The average molecular weight is 331 g/mol. The van der Waals surface area contributed by atoms with E-state index in [1.54, 1.807) is 5.56 Å². The average Bonchev–Trinajstić information content (AvgIpc) is 2.44. The van der Waals surface area contributed by atoms with Gasteiger partial charge in [-0.1, -0.05) is 62.3 Å². The Balaban J connectivity index is 2.79. The van der Waals surface area contributed by atoms with Gasteiger partial charge in [-0.05, 0) is 59.4 Å². The number of pyridine rings is 1. The summed E-state index contributed by atoms with van der Waals surface area (Å²) in [6, 6.07) is 0. The molecule has 2 heterocycles. The molecule has 1 aromatic heterocycles. The highest BCUT2D eigenvalue weighted by molar-refractivity contribution is 5.48. The van der Waals surface area contributed by atoms with Crippen molar-refractivity contribution in [1.82, 2.24) is 10.3 Å². The zero-order valence-electron chi connectivity index (χ0n) is 17.4. The van der Waals surface area contributed by atoms with Gasteiger partial charge in [0.05, 0.1) is 0 Å². The number of nitrogens with zero attached hydrogens (tertiary/aromatic N) is 1. The number of hydrogen-bond donors (Lipinski definition) is 1. The second kappa shape index (κ2) is 6.44. The Morgan fingerprint density at radius 1 is 0.792 bits per heavy atom. The molecule has 0 spiro atoms. The molecule has 0 aromatic carbocycles. The van der Waals surface area contributed by atoms with Gasteiger partial charge in [0.2, 0.25) is 0 Å². The van der Waals surface area contributed by atoms with E-state index in [-0.39, 0.29) is 16.2 Å². The molecule has 0 bridgehead atoms. The molecule has 24 heavy (non-hydrogen) atoms. The van der Waals surface area contributed by atoms with Crippen molar-refractivity contribution in [3.63, 3.8) is 0 Å². The summed E-state index contributed by atoms with van der Waals surface area (Å²) >= 11 is 0. The monoisotopic (exact) mass is 330 g/mol. The molecule has 0 unspecified atom stereocenters. The molecule has 2 nitrogen and oxygen atoms in total. The lowest BCUT2D eigenvalue weighted by Crippen LogP contribution is -2.33. The van der Waals surface area contributed by atoms with Crippen molar-refractivity contribution in [2.75, 3.05) is 13.1 Å². The first-order valence-electron chi connectivity index (χ1n) is 9.58. The van der Waals surface area contributed by atoms with Crippen LogP contribution in [0.3, 0.4) is 0 Å². The molecule has 1 aliphatic heterocycles. The summed E-state index contributed by atoms with van der Waals surface area (Å²) in [5, 5.41) is 3.50. The molecule has 1 aromatic rings. The van der Waals surface area contributed by atoms with Crippen molar-refractivity contribution in [2.24, 2.45) is 0 Å². The normalized spacial score (nSPS) is 18.0. The Labute approximate surface area is 149 Å². The van der Waals surface area contributed by atoms with Crippen molar-refractivity contribution in [3.05, 3.63) is 28.6 Å². The lowest BCUT2D eigenvalue weighted by Gasteiger charge is -2.39. The summed E-state index contributed by atoms with van der Waals surface area (Å²) in [7, 11) is 0. The molecule has 136 valence electrons. The molecule has 1 aliphatic rings. The molecule has 2 rings (SSSR count). The topological polar surface area (TPSA) is 24.9 Å². The van der Waals surface area contributed by atoms with Gasteiger partial charge in [-0.15, -0.1) is 0 Å². The summed E-state index contributed by atoms with van der Waals surface area (Å²) in [4.78, 5) is 5.05. The fourth-order valence-electron chi connectivity index (χ4n) is 4.08. The molecule has 0 radical (unpaired) electrons. The summed E-state index contributed by atoms with van der Waals surface area (Å²) in [6.07, 6.45) is 4.67. The molecule has 0 aliphatic carbocycles. The minimum atomic E-state index is 0.0647. The first kappa shape index (κ1) is 19.4. The molecule has 1 fully saturated rings. The highest BCUT2D eigenvalue weighted by Crippen LogP contribution is 2.44. The third-order valence-corrected chi connectivity index (χ3v) is 5.10. The Kier molecular flexibility index (Phi) is 5.22. The Morgan fingerprint density at radius 3 is 1.71 bits per heavy atom. The minimum Gasteiger partial charge on any atom is -0.317 e. The van der Waals surface area contributed by atoms with E-state index in [4.69, 9.17) is 4.98 Å². The molecule has 1 saturated heterocycles. The fourth-order valence-corrected chi connectivity index (χ4v) is 4.08. The minimum absolute atomic E-state index is 0.0647. The van der Waals surface area contributed by atoms with E-state index >= 15 is 0 Å². The van der Waals surface area contributed by atoms with E-state index in [9.17, 15) is 0 Å². The van der Waals surface area contributed by atoms with E-state index in [0.717, 1.165) is 13.1 Å². The van der Waals surface area contributed by atoms with Gasteiger partial charge in [0.25, 0.3) is 0 Å². The van der Waals surface area contributed by atoms with Gasteiger partial charge in [-0.3, -0.25) is 4.98 Å². The number of rotatable bonds is 1. The standard InChI is InChI=1S/C22H38N2/c1-20(2,3)17-16(15-10-12-23-13-11-15)14-24-19(22(7,8)9)18(17)21(4,5)6/h14-15,23H,10-13H2,1-9H3. The van der Waals surface area contributed by atoms with Crippen LogP contribution in [0, 0.1) is 0 Å². The van der Waals surface area contributed by atoms with E-state index in [0.29, 0.717) is 5.92 Å². The summed E-state index contributed by atoms with van der Waals surface area (Å²) in [5.74, 6) is 0.642. The molecule has 0 saturated carbocycles. The first-order chi connectivity index (χ1) is 10.8. The number of hydrogen-bond acceptors (Lipinski definition) is 2. The van der Waals surface area contributed by atoms with Crippen LogP contribution in [-0.2, 0) is 16.2 Å². The lowest BCUT2D eigenvalue weighted by molar-refractivity contribution is 0.436. The van der Waals surface area contributed by atoms with Crippen LogP contribution in [0.25, 0.3) is 0 Å². The van der Waals surface area contributed by atoms with Gasteiger partial charge in [0, 0.05) is 17.3 Å². The maximum atomic E-state index is 5.05. The molecular formula is C22H38N2. The molecule has 0 atom stereocenters. The van der Waals surface area contributed by atoms with Crippen LogP contribution in [0.15, 0.2) is 6.20 Å². The van der Waals surface area contributed by atoms with Crippen LogP contribution in [-0.4, -0.2) is 18.1 Å². The van der Waals surface area contributed by atoms with E-state index in [1.165, 1.54) is 29.7 Å². The van der Waals surface area contributed by atoms with Gasteiger partial charge >= 0.3 is 0 Å². The highest BCUT2D eigenvalue weighted by atomic mass is 14.9. The van der Waals surface area contributed by atoms with Crippen molar-refractivity contribution in [3.8, 4) is 0 Å². The SMILES string of the molecule is CC(C)(C)c1ncc(C2CCNCC2)c(C(C)(C)C)c1C(C)(C)C. The van der Waals surface area contributed by atoms with Gasteiger partial charge in [0.1, 0.15) is 0 Å². The van der Waals surface area contributed by atoms with E-state index in [1.807, 2.05) is 0 Å². The van der Waals surface area contributed by atoms with Crippen LogP contribution in [0.5, 0.6) is 0 Å². The zero-order chi connectivity index (χ0) is 18.3. The molecule has 2 heteroatoms. The Bertz CT molecular complexity index is 574. The number of aromatic nitrogens is 1. The third kappa shape index (κ3) is 4.02. The van der Waals surface area contributed by atoms with Crippen LogP contribution >= 0.6 is 0 Å². The summed E-state index contributed by atoms with van der Waals surface area (Å²) in [6.45, 7) is 23.3. The van der Waals surface area contributed by atoms with Crippen molar-refractivity contribution >= 4 is 0 Å². The molecule has 1 N–H and O–H groups in total. The van der Waals surface area contributed by atoms with Crippen molar-refractivity contribution in [1.29, 1.82) is 0 Å². The number of nitrogens with one attached hydrogen (secondary N) is 1. The molecule has 0 amide bonds. The van der Waals surface area contributed by atoms with Crippen LogP contribution in [0.2, 0.25) is 0 Å². The first-order valence-corrected chi connectivity index (χ1v) is 9.58. The summed E-state index contributed by atoms with van der Waals surface area (Å²) < 4.78 is 0. The van der Waals surface area contributed by atoms with Crippen LogP contribution in [0.1, 0.15) is 103 Å².